The van der Waals surface area contributed by atoms with Gasteiger partial charge in [-0.3, -0.25) is 4.79 Å². The van der Waals surface area contributed by atoms with Gasteiger partial charge in [0, 0.05) is 16.7 Å². The Labute approximate surface area is 155 Å². The number of halogens is 1. The molecular weight excluding hydrogens is 331 g/mol. The van der Waals surface area contributed by atoms with Gasteiger partial charge in [-0.2, -0.15) is 0 Å². The van der Waals surface area contributed by atoms with E-state index in [2.05, 4.69) is 13.8 Å². The molecule has 0 amide bonds. The normalized spacial score (nSPS) is 55.8. The summed E-state index contributed by atoms with van der Waals surface area (Å²) in [5, 5.41) is 22.6. The van der Waals surface area contributed by atoms with E-state index in [9.17, 15) is 15.0 Å². The van der Waals surface area contributed by atoms with E-state index < -0.39 is 28.2 Å². The standard InChI is InChI=1S/C22H31FO3/c1-5-21(26)13(2)10-17-16-7-6-14-11-15(24)8-9-19(14,3)22(16,23)18(25)12-20(17,21)4/h8-9,11,13,16-18,25-26H,5-7,10,12H2,1-4H3. The Bertz CT molecular complexity index is 714. The van der Waals surface area contributed by atoms with Gasteiger partial charge in [0.2, 0.25) is 0 Å². The molecule has 2 N–H and O–H groups in total. The van der Waals surface area contributed by atoms with Crippen LogP contribution in [-0.2, 0) is 4.79 Å². The van der Waals surface area contributed by atoms with Gasteiger partial charge in [0.05, 0.1) is 11.7 Å². The largest absolute Gasteiger partial charge is 0.390 e. The lowest BCUT2D eigenvalue weighted by molar-refractivity contribution is -0.220. The molecule has 0 heterocycles. The molecule has 4 heteroatoms. The summed E-state index contributed by atoms with van der Waals surface area (Å²) in [4.78, 5) is 11.8. The van der Waals surface area contributed by atoms with Gasteiger partial charge in [-0.05, 0) is 63.0 Å². The molecule has 3 fully saturated rings. The minimum absolute atomic E-state index is 0.0419. The molecule has 0 aliphatic heterocycles. The average Bonchev–Trinajstić information content (AvgIpc) is 2.78. The molecule has 0 spiro atoms. The van der Waals surface area contributed by atoms with Crippen LogP contribution in [0.25, 0.3) is 0 Å². The van der Waals surface area contributed by atoms with Crippen LogP contribution in [0.2, 0.25) is 0 Å². The molecule has 3 nitrogen and oxygen atoms in total. The summed E-state index contributed by atoms with van der Waals surface area (Å²) in [7, 11) is 0. The number of carbonyl (C=O) groups is 1. The van der Waals surface area contributed by atoms with E-state index in [0.717, 1.165) is 12.0 Å². The Balaban J connectivity index is 1.84. The highest BCUT2D eigenvalue weighted by atomic mass is 19.1. The molecule has 4 rings (SSSR count). The lowest BCUT2D eigenvalue weighted by Gasteiger charge is -2.62. The highest BCUT2D eigenvalue weighted by Gasteiger charge is 2.73. The van der Waals surface area contributed by atoms with Crippen LogP contribution in [0, 0.1) is 28.6 Å². The Kier molecular flexibility index (Phi) is 3.74. The maximum absolute atomic E-state index is 16.8. The number of hydrogen-bond donors (Lipinski definition) is 2. The van der Waals surface area contributed by atoms with Crippen molar-refractivity contribution in [3.8, 4) is 0 Å². The van der Waals surface area contributed by atoms with Crippen LogP contribution >= 0.6 is 0 Å². The van der Waals surface area contributed by atoms with E-state index in [1.807, 2.05) is 13.8 Å². The van der Waals surface area contributed by atoms with Gasteiger partial charge in [-0.1, -0.05) is 32.4 Å². The third kappa shape index (κ3) is 1.83. The van der Waals surface area contributed by atoms with Crippen molar-refractivity contribution in [3.63, 3.8) is 0 Å². The fourth-order valence-electron chi connectivity index (χ4n) is 7.38. The number of allylic oxidation sites excluding steroid dienone is 4. The molecule has 8 atom stereocenters. The molecule has 0 aromatic rings. The van der Waals surface area contributed by atoms with E-state index in [1.165, 1.54) is 6.08 Å². The van der Waals surface area contributed by atoms with Gasteiger partial charge in [-0.15, -0.1) is 0 Å². The van der Waals surface area contributed by atoms with Gasteiger partial charge < -0.3 is 10.2 Å². The molecule has 0 saturated heterocycles. The first-order valence-corrected chi connectivity index (χ1v) is 10.1. The number of alkyl halides is 1. The molecule has 3 saturated carbocycles. The highest BCUT2D eigenvalue weighted by Crippen LogP contribution is 2.70. The van der Waals surface area contributed by atoms with Crippen molar-refractivity contribution in [1.29, 1.82) is 0 Å². The van der Waals surface area contributed by atoms with Crippen molar-refractivity contribution in [2.24, 2.45) is 28.6 Å². The third-order valence-corrected chi connectivity index (χ3v) is 8.98. The molecule has 144 valence electrons. The summed E-state index contributed by atoms with van der Waals surface area (Å²) in [5.41, 5.74) is -3.27. The summed E-state index contributed by atoms with van der Waals surface area (Å²) in [6, 6.07) is 0. The number of fused-ring (bicyclic) bond motifs is 5. The Morgan fingerprint density at radius 2 is 2.00 bits per heavy atom. The van der Waals surface area contributed by atoms with Crippen molar-refractivity contribution < 1.29 is 19.4 Å². The molecule has 0 aromatic carbocycles. The van der Waals surface area contributed by atoms with Crippen LogP contribution in [0.3, 0.4) is 0 Å². The first-order chi connectivity index (χ1) is 12.0. The highest BCUT2D eigenvalue weighted by molar-refractivity contribution is 6.01. The zero-order valence-electron chi connectivity index (χ0n) is 16.3. The fraction of sp³-hybridized carbons (Fsp3) is 0.773. The number of hydrogen-bond acceptors (Lipinski definition) is 3. The van der Waals surface area contributed by atoms with Gasteiger partial charge in [-0.25, -0.2) is 4.39 Å². The van der Waals surface area contributed by atoms with Crippen molar-refractivity contribution in [2.75, 3.05) is 0 Å². The van der Waals surface area contributed by atoms with Gasteiger partial charge in [0.25, 0.3) is 0 Å². The smallest absolute Gasteiger partial charge is 0.178 e. The summed E-state index contributed by atoms with van der Waals surface area (Å²) >= 11 is 0. The van der Waals surface area contributed by atoms with E-state index in [0.29, 0.717) is 19.3 Å². The maximum Gasteiger partial charge on any atom is 0.178 e. The lowest BCUT2D eigenvalue weighted by atomic mass is 9.44. The van der Waals surface area contributed by atoms with E-state index in [1.54, 1.807) is 12.2 Å². The molecule has 0 bridgehead atoms. The van der Waals surface area contributed by atoms with Crippen LogP contribution in [-0.4, -0.2) is 33.4 Å². The summed E-state index contributed by atoms with van der Waals surface area (Å²) in [6.45, 7) is 7.95. The number of rotatable bonds is 1. The van der Waals surface area contributed by atoms with Crippen molar-refractivity contribution in [1.82, 2.24) is 0 Å². The topological polar surface area (TPSA) is 57.5 Å². The second-order valence-corrected chi connectivity index (χ2v) is 9.68. The van der Waals surface area contributed by atoms with Crippen molar-refractivity contribution in [2.45, 2.75) is 77.2 Å². The SMILES string of the molecule is CCC1(O)C(C)CC2C3CCC4=CC(=O)C=CC4(C)C3(F)C(O)CC21C. The van der Waals surface area contributed by atoms with Gasteiger partial charge in [0.1, 0.15) is 0 Å². The first-order valence-electron chi connectivity index (χ1n) is 10.1. The molecule has 4 aliphatic carbocycles. The van der Waals surface area contributed by atoms with Crippen LogP contribution in [0.15, 0.2) is 23.8 Å². The van der Waals surface area contributed by atoms with Crippen LogP contribution in [0.4, 0.5) is 4.39 Å². The molecule has 26 heavy (non-hydrogen) atoms. The quantitative estimate of drug-likeness (QED) is 0.747. The van der Waals surface area contributed by atoms with Crippen LogP contribution in [0.5, 0.6) is 0 Å². The van der Waals surface area contributed by atoms with Crippen LogP contribution in [0.1, 0.15) is 59.8 Å². The molecule has 0 radical (unpaired) electrons. The monoisotopic (exact) mass is 362 g/mol. The zero-order valence-corrected chi connectivity index (χ0v) is 16.3. The second kappa shape index (κ2) is 5.29. The van der Waals surface area contributed by atoms with E-state index in [4.69, 9.17) is 0 Å². The third-order valence-electron chi connectivity index (χ3n) is 8.98. The zero-order chi connectivity index (χ0) is 19.1. The number of aliphatic hydroxyl groups excluding tert-OH is 1. The average molecular weight is 362 g/mol. The van der Waals surface area contributed by atoms with E-state index >= 15 is 4.39 Å². The minimum atomic E-state index is -1.79. The predicted molar refractivity (Wildman–Crippen MR) is 98.1 cm³/mol. The number of carbonyl (C=O) groups excluding carboxylic acids is 1. The van der Waals surface area contributed by atoms with Gasteiger partial charge in [0.15, 0.2) is 11.5 Å². The molecular formula is C22H31FO3. The lowest BCUT2D eigenvalue weighted by Crippen LogP contribution is -2.68. The molecule has 4 aliphatic rings. The maximum atomic E-state index is 16.8. The van der Waals surface area contributed by atoms with E-state index in [-0.39, 0.29) is 30.0 Å². The summed E-state index contributed by atoms with van der Waals surface area (Å²) in [5.74, 6) is -0.269. The summed E-state index contributed by atoms with van der Waals surface area (Å²) < 4.78 is 16.8. The van der Waals surface area contributed by atoms with Crippen molar-refractivity contribution in [3.05, 3.63) is 23.8 Å². The number of ketones is 1. The van der Waals surface area contributed by atoms with Crippen molar-refractivity contribution >= 4 is 5.78 Å². The fourth-order valence-corrected chi connectivity index (χ4v) is 7.38. The Hall–Kier alpha value is -1.00. The Morgan fingerprint density at radius 1 is 1.31 bits per heavy atom. The first kappa shape index (κ1) is 18.4. The summed E-state index contributed by atoms with van der Waals surface area (Å²) in [6.07, 6.45) is 6.55. The predicted octanol–water partition coefficient (Wildman–Crippen LogP) is 3.74. The van der Waals surface area contributed by atoms with Crippen LogP contribution < -0.4 is 0 Å². The second-order valence-electron chi connectivity index (χ2n) is 9.68. The van der Waals surface area contributed by atoms with Gasteiger partial charge >= 0.3 is 0 Å². The molecule has 0 aromatic heterocycles. The molecule has 8 unspecified atom stereocenters. The number of aliphatic hydroxyl groups is 2. The minimum Gasteiger partial charge on any atom is -0.390 e. The Morgan fingerprint density at radius 3 is 2.65 bits per heavy atom.